The molecule has 0 bridgehead atoms. The summed E-state index contributed by atoms with van der Waals surface area (Å²) in [5.74, 6) is -0.969. The second-order valence-electron chi connectivity index (χ2n) is 4.17. The lowest BCUT2D eigenvalue weighted by molar-refractivity contribution is 0.397. The molecule has 0 saturated carbocycles. The lowest BCUT2D eigenvalue weighted by Crippen LogP contribution is -2.17. The van der Waals surface area contributed by atoms with E-state index in [4.69, 9.17) is 10.5 Å². The summed E-state index contributed by atoms with van der Waals surface area (Å²) in [6, 6.07) is 4.81. The summed E-state index contributed by atoms with van der Waals surface area (Å²) in [5, 5.41) is 0. The number of nitrogens with zero attached hydrogens (tertiary/aromatic N) is 2. The molecule has 2 aromatic rings. The van der Waals surface area contributed by atoms with Crippen molar-refractivity contribution in [2.75, 3.05) is 17.6 Å². The van der Waals surface area contributed by atoms with Gasteiger partial charge in [0.1, 0.15) is 10.7 Å². The van der Waals surface area contributed by atoms with Crippen molar-refractivity contribution in [3.8, 4) is 5.88 Å². The molecule has 0 aliphatic rings. The molecule has 1 heterocycles. The summed E-state index contributed by atoms with van der Waals surface area (Å²) in [6.45, 7) is 1.64. The van der Waals surface area contributed by atoms with E-state index >= 15 is 0 Å². The molecule has 2 rings (SSSR count). The van der Waals surface area contributed by atoms with E-state index in [1.807, 2.05) is 0 Å². The zero-order valence-electron chi connectivity index (χ0n) is 11.3. The van der Waals surface area contributed by atoms with Crippen LogP contribution in [0, 0.1) is 12.7 Å². The minimum atomic E-state index is -4.16. The fourth-order valence-electron chi connectivity index (χ4n) is 1.60. The Morgan fingerprint density at radius 3 is 2.62 bits per heavy atom. The van der Waals surface area contributed by atoms with Crippen molar-refractivity contribution in [1.82, 2.24) is 9.97 Å². The van der Waals surface area contributed by atoms with Crippen molar-refractivity contribution in [3.63, 3.8) is 0 Å². The van der Waals surface area contributed by atoms with Gasteiger partial charge < -0.3 is 10.5 Å². The number of halogens is 1. The fraction of sp³-hybridized carbons (Fsp3) is 0.167. The summed E-state index contributed by atoms with van der Waals surface area (Å²) >= 11 is 0. The molecule has 0 aliphatic heterocycles. The van der Waals surface area contributed by atoms with E-state index in [-0.39, 0.29) is 17.5 Å². The molecule has 3 N–H and O–H groups in total. The van der Waals surface area contributed by atoms with Crippen molar-refractivity contribution < 1.29 is 17.5 Å². The van der Waals surface area contributed by atoms with Gasteiger partial charge in [0.2, 0.25) is 11.8 Å². The van der Waals surface area contributed by atoms with Crippen LogP contribution in [-0.2, 0) is 10.0 Å². The van der Waals surface area contributed by atoms with Crippen molar-refractivity contribution in [3.05, 3.63) is 35.8 Å². The van der Waals surface area contributed by atoms with Gasteiger partial charge in [-0.15, -0.1) is 0 Å². The first-order chi connectivity index (χ1) is 9.81. The van der Waals surface area contributed by atoms with Crippen LogP contribution in [0.4, 0.5) is 16.0 Å². The van der Waals surface area contributed by atoms with Gasteiger partial charge in [0.05, 0.1) is 7.11 Å². The average molecular weight is 312 g/mol. The Morgan fingerprint density at radius 1 is 1.29 bits per heavy atom. The number of sulfonamides is 1. The maximum atomic E-state index is 13.7. The summed E-state index contributed by atoms with van der Waals surface area (Å²) in [7, 11) is -2.78. The van der Waals surface area contributed by atoms with Crippen LogP contribution in [0.15, 0.2) is 29.2 Å². The third-order valence-electron chi connectivity index (χ3n) is 2.51. The van der Waals surface area contributed by atoms with E-state index in [1.165, 1.54) is 19.2 Å². The molecule has 1 aromatic carbocycles. The molecule has 1 aromatic heterocycles. The van der Waals surface area contributed by atoms with Crippen LogP contribution in [0.3, 0.4) is 0 Å². The van der Waals surface area contributed by atoms with Crippen LogP contribution in [0.5, 0.6) is 5.88 Å². The maximum Gasteiger partial charge on any atom is 0.267 e. The molecule has 0 aliphatic carbocycles. The summed E-state index contributed by atoms with van der Waals surface area (Å²) in [6.07, 6.45) is 0. The number of methoxy groups -OCH3 is 1. The third-order valence-corrected chi connectivity index (χ3v) is 3.87. The van der Waals surface area contributed by atoms with E-state index < -0.39 is 20.7 Å². The lowest BCUT2D eigenvalue weighted by atomic mass is 10.3. The highest BCUT2D eigenvalue weighted by molar-refractivity contribution is 7.92. The van der Waals surface area contributed by atoms with E-state index in [0.29, 0.717) is 5.69 Å². The zero-order valence-corrected chi connectivity index (χ0v) is 12.1. The highest BCUT2D eigenvalue weighted by atomic mass is 32.2. The summed E-state index contributed by atoms with van der Waals surface area (Å²) in [4.78, 5) is 7.21. The predicted molar refractivity (Wildman–Crippen MR) is 74.9 cm³/mol. The Hall–Kier alpha value is -2.42. The number of rotatable bonds is 4. The quantitative estimate of drug-likeness (QED) is 0.824. The standard InChI is InChI=1S/C12H13FN4O3S/c1-7-5-11(20-2)16-12(15-7)17-21(18,19)10-4-3-8(14)6-9(10)13/h3-6H,14H2,1-2H3,(H,15,16,17). The first-order valence-electron chi connectivity index (χ1n) is 5.79. The van der Waals surface area contributed by atoms with Gasteiger partial charge in [0, 0.05) is 17.4 Å². The fourth-order valence-corrected chi connectivity index (χ4v) is 2.60. The lowest BCUT2D eigenvalue weighted by Gasteiger charge is -2.09. The number of nitrogen functional groups attached to an aromatic ring is 1. The van der Waals surface area contributed by atoms with Crippen molar-refractivity contribution >= 4 is 21.7 Å². The minimum absolute atomic E-state index is 0.125. The molecule has 0 radical (unpaired) electrons. The largest absolute Gasteiger partial charge is 0.481 e. The Morgan fingerprint density at radius 2 is 2.00 bits per heavy atom. The number of benzene rings is 1. The topological polar surface area (TPSA) is 107 Å². The van der Waals surface area contributed by atoms with Gasteiger partial charge in [-0.25, -0.2) is 22.5 Å². The van der Waals surface area contributed by atoms with Gasteiger partial charge in [-0.1, -0.05) is 0 Å². The SMILES string of the molecule is COc1cc(C)nc(NS(=O)(=O)c2ccc(N)cc2F)n1. The van der Waals surface area contributed by atoms with Crippen molar-refractivity contribution in [1.29, 1.82) is 0 Å². The molecular weight excluding hydrogens is 299 g/mol. The second kappa shape index (κ2) is 5.52. The van der Waals surface area contributed by atoms with Gasteiger partial charge in [-0.2, -0.15) is 4.98 Å². The molecular formula is C12H13FN4O3S. The number of nitrogens with one attached hydrogen (secondary N) is 1. The predicted octanol–water partition coefficient (Wildman–Crippen LogP) is 1.32. The first kappa shape index (κ1) is 15.0. The van der Waals surface area contributed by atoms with Gasteiger partial charge in [0.25, 0.3) is 10.0 Å². The van der Waals surface area contributed by atoms with E-state index in [0.717, 1.165) is 12.1 Å². The van der Waals surface area contributed by atoms with Gasteiger partial charge in [-0.05, 0) is 25.1 Å². The Bertz CT molecular complexity index is 780. The van der Waals surface area contributed by atoms with Crippen LogP contribution in [0.2, 0.25) is 0 Å². The van der Waals surface area contributed by atoms with Crippen LogP contribution < -0.4 is 15.2 Å². The molecule has 0 atom stereocenters. The van der Waals surface area contributed by atoms with Gasteiger partial charge >= 0.3 is 0 Å². The number of anilines is 2. The van der Waals surface area contributed by atoms with E-state index in [9.17, 15) is 12.8 Å². The van der Waals surface area contributed by atoms with Gasteiger partial charge in [-0.3, -0.25) is 0 Å². The normalized spacial score (nSPS) is 11.2. The zero-order chi connectivity index (χ0) is 15.6. The molecule has 9 heteroatoms. The molecule has 0 unspecified atom stereocenters. The highest BCUT2D eigenvalue weighted by Gasteiger charge is 2.21. The molecule has 0 fully saturated rings. The maximum absolute atomic E-state index is 13.7. The average Bonchev–Trinajstić information content (AvgIpc) is 2.36. The monoisotopic (exact) mass is 312 g/mol. The van der Waals surface area contributed by atoms with Crippen LogP contribution in [-0.4, -0.2) is 25.5 Å². The van der Waals surface area contributed by atoms with E-state index in [1.54, 1.807) is 6.92 Å². The molecule has 0 amide bonds. The Labute approximate surface area is 121 Å². The number of aromatic nitrogens is 2. The van der Waals surface area contributed by atoms with Crippen LogP contribution in [0.1, 0.15) is 5.69 Å². The van der Waals surface area contributed by atoms with Crippen LogP contribution >= 0.6 is 0 Å². The van der Waals surface area contributed by atoms with E-state index in [2.05, 4.69) is 14.7 Å². The van der Waals surface area contributed by atoms with Crippen LogP contribution in [0.25, 0.3) is 0 Å². The van der Waals surface area contributed by atoms with Gasteiger partial charge in [0.15, 0.2) is 0 Å². The number of ether oxygens (including phenoxy) is 1. The van der Waals surface area contributed by atoms with Crippen molar-refractivity contribution in [2.45, 2.75) is 11.8 Å². The molecule has 0 saturated heterocycles. The Balaban J connectivity index is 2.39. The molecule has 0 spiro atoms. The third kappa shape index (κ3) is 3.37. The van der Waals surface area contributed by atoms with Crippen molar-refractivity contribution in [2.24, 2.45) is 0 Å². The first-order valence-corrected chi connectivity index (χ1v) is 7.27. The number of hydrogen-bond acceptors (Lipinski definition) is 6. The minimum Gasteiger partial charge on any atom is -0.481 e. The Kier molecular flexibility index (Phi) is 3.94. The summed E-state index contributed by atoms with van der Waals surface area (Å²) < 4.78 is 45.0. The summed E-state index contributed by atoms with van der Waals surface area (Å²) in [5.41, 5.74) is 6.01. The molecule has 112 valence electrons. The number of hydrogen-bond donors (Lipinski definition) is 2. The smallest absolute Gasteiger partial charge is 0.267 e. The second-order valence-corrected chi connectivity index (χ2v) is 5.82. The molecule has 7 nitrogen and oxygen atoms in total. The highest BCUT2D eigenvalue weighted by Crippen LogP contribution is 2.20. The number of nitrogens with two attached hydrogens (primary N) is 1. The number of aryl methyl sites for hydroxylation is 1. The molecule has 21 heavy (non-hydrogen) atoms.